The van der Waals surface area contributed by atoms with Crippen LogP contribution in [-0.4, -0.2) is 43.6 Å². The van der Waals surface area contributed by atoms with Crippen LogP contribution in [0.25, 0.3) is 28.0 Å². The van der Waals surface area contributed by atoms with E-state index in [0.29, 0.717) is 41.4 Å². The number of hydrogen-bond acceptors (Lipinski definition) is 6. The molecule has 8 nitrogen and oxygen atoms in total. The van der Waals surface area contributed by atoms with Gasteiger partial charge in [0, 0.05) is 12.1 Å². The van der Waals surface area contributed by atoms with Crippen molar-refractivity contribution in [1.29, 1.82) is 0 Å². The molecule has 0 unspecified atom stereocenters. The minimum atomic E-state index is -0.129. The average molecular weight is 424 g/mol. The van der Waals surface area contributed by atoms with E-state index in [1.165, 1.54) is 12.4 Å². The van der Waals surface area contributed by atoms with Gasteiger partial charge in [-0.2, -0.15) is 5.10 Å². The molecule has 2 aromatic heterocycles. The van der Waals surface area contributed by atoms with E-state index in [4.69, 9.17) is 15.6 Å². The highest BCUT2D eigenvalue weighted by Gasteiger charge is 2.24. The quantitative estimate of drug-likeness (QED) is 0.490. The van der Waals surface area contributed by atoms with Crippen LogP contribution in [0.5, 0.6) is 11.5 Å². The molecule has 0 atom stereocenters. The number of nitrogen functional groups attached to an aromatic ring is 1. The van der Waals surface area contributed by atoms with Gasteiger partial charge in [0.25, 0.3) is 0 Å². The van der Waals surface area contributed by atoms with Crippen LogP contribution in [0.2, 0.25) is 0 Å². The van der Waals surface area contributed by atoms with Gasteiger partial charge in [-0.15, -0.1) is 0 Å². The fraction of sp³-hybridized carbons (Fsp3) is 0.0833. The van der Waals surface area contributed by atoms with Crippen LogP contribution in [0.4, 0.5) is 5.82 Å². The number of amides is 1. The number of nitrogens with zero attached hydrogens (tertiary/aromatic N) is 5. The largest absolute Gasteiger partial charge is 0.457 e. The summed E-state index contributed by atoms with van der Waals surface area (Å²) in [5, 5.41) is 5.46. The van der Waals surface area contributed by atoms with Gasteiger partial charge in [-0.3, -0.25) is 4.79 Å². The van der Waals surface area contributed by atoms with E-state index in [0.717, 1.165) is 17.0 Å². The third-order valence-electron chi connectivity index (χ3n) is 5.26. The molecule has 158 valence electrons. The fourth-order valence-corrected chi connectivity index (χ4v) is 3.67. The van der Waals surface area contributed by atoms with Gasteiger partial charge in [0.1, 0.15) is 29.3 Å². The lowest BCUT2D eigenvalue weighted by molar-refractivity contribution is -0.124. The number of fused-ring (bicyclic) bond motifs is 1. The highest BCUT2D eigenvalue weighted by atomic mass is 16.5. The fourth-order valence-electron chi connectivity index (χ4n) is 3.67. The molecule has 0 spiro atoms. The minimum Gasteiger partial charge on any atom is -0.457 e. The lowest BCUT2D eigenvalue weighted by Gasteiger charge is -2.13. The molecule has 0 radical (unpaired) electrons. The molecule has 0 saturated heterocycles. The molecule has 1 amide bonds. The van der Waals surface area contributed by atoms with Crippen LogP contribution >= 0.6 is 0 Å². The number of carbonyl (C=O) groups excluding carboxylic acids is 1. The molecule has 1 aliphatic rings. The van der Waals surface area contributed by atoms with E-state index in [9.17, 15) is 4.79 Å². The first-order chi connectivity index (χ1) is 15.6. The van der Waals surface area contributed by atoms with Gasteiger partial charge in [-0.25, -0.2) is 14.6 Å². The Morgan fingerprint density at radius 1 is 1.06 bits per heavy atom. The van der Waals surface area contributed by atoms with Crippen molar-refractivity contribution in [3.8, 4) is 22.8 Å². The number of aromatic nitrogens is 4. The van der Waals surface area contributed by atoms with Crippen LogP contribution in [-0.2, 0) is 4.79 Å². The number of ether oxygens (including phenoxy) is 1. The second kappa shape index (κ2) is 7.99. The summed E-state index contributed by atoms with van der Waals surface area (Å²) in [5.74, 6) is 1.69. The van der Waals surface area contributed by atoms with Crippen LogP contribution in [0.15, 0.2) is 79.7 Å². The molecule has 2 N–H and O–H groups in total. The predicted octanol–water partition coefficient (Wildman–Crippen LogP) is 3.74. The van der Waals surface area contributed by atoms with Crippen molar-refractivity contribution in [3.63, 3.8) is 0 Å². The summed E-state index contributed by atoms with van der Waals surface area (Å²) in [6, 6.07) is 17.2. The number of benzene rings is 2. The zero-order chi connectivity index (χ0) is 22.1. The molecule has 0 saturated carbocycles. The summed E-state index contributed by atoms with van der Waals surface area (Å²) in [6.45, 7) is 4.46. The highest BCUT2D eigenvalue weighted by Crippen LogP contribution is 2.33. The summed E-state index contributed by atoms with van der Waals surface area (Å²) >= 11 is 0. The van der Waals surface area contributed by atoms with Gasteiger partial charge >= 0.3 is 0 Å². The van der Waals surface area contributed by atoms with Gasteiger partial charge in [0.15, 0.2) is 5.65 Å². The van der Waals surface area contributed by atoms with Crippen molar-refractivity contribution in [2.75, 3.05) is 18.8 Å². The van der Waals surface area contributed by atoms with E-state index in [1.54, 1.807) is 9.58 Å². The number of anilines is 1. The summed E-state index contributed by atoms with van der Waals surface area (Å²) < 4.78 is 7.61. The van der Waals surface area contributed by atoms with E-state index in [1.807, 2.05) is 60.7 Å². The number of carbonyl (C=O) groups is 1. The Morgan fingerprint density at radius 2 is 1.81 bits per heavy atom. The Hall–Kier alpha value is -4.46. The Balaban J connectivity index is 1.51. The average Bonchev–Trinajstić information content (AvgIpc) is 3.46. The highest BCUT2D eigenvalue weighted by molar-refractivity contribution is 5.99. The lowest BCUT2D eigenvalue weighted by Crippen LogP contribution is -2.27. The maximum absolute atomic E-state index is 12.0. The Kier molecular flexibility index (Phi) is 4.87. The second-order valence-corrected chi connectivity index (χ2v) is 7.28. The first-order valence-electron chi connectivity index (χ1n) is 10.1. The maximum Gasteiger partial charge on any atom is 0.246 e. The number of nitrogens with two attached hydrogens (primary N) is 1. The normalized spacial score (nSPS) is 13.2. The van der Waals surface area contributed by atoms with Gasteiger partial charge in [0.05, 0.1) is 17.6 Å². The monoisotopic (exact) mass is 424 g/mol. The Morgan fingerprint density at radius 3 is 2.56 bits per heavy atom. The maximum atomic E-state index is 12.0. The van der Waals surface area contributed by atoms with Crippen molar-refractivity contribution < 1.29 is 9.53 Å². The Labute approximate surface area is 184 Å². The molecule has 4 aromatic rings. The van der Waals surface area contributed by atoms with Crippen LogP contribution < -0.4 is 10.5 Å². The number of rotatable bonds is 5. The zero-order valence-electron chi connectivity index (χ0n) is 17.2. The van der Waals surface area contributed by atoms with E-state index < -0.39 is 0 Å². The van der Waals surface area contributed by atoms with E-state index in [2.05, 4.69) is 16.5 Å². The molecule has 8 heteroatoms. The van der Waals surface area contributed by atoms with Crippen LogP contribution in [0.1, 0.15) is 0 Å². The predicted molar refractivity (Wildman–Crippen MR) is 123 cm³/mol. The molecule has 1 aliphatic heterocycles. The number of hydrogen-bond donors (Lipinski definition) is 1. The molecule has 32 heavy (non-hydrogen) atoms. The van der Waals surface area contributed by atoms with Gasteiger partial charge in [-0.1, -0.05) is 24.8 Å². The van der Waals surface area contributed by atoms with Crippen molar-refractivity contribution in [2.24, 2.45) is 0 Å². The first-order valence-corrected chi connectivity index (χ1v) is 10.1. The third-order valence-corrected chi connectivity index (χ3v) is 5.26. The van der Waals surface area contributed by atoms with Gasteiger partial charge in [0.2, 0.25) is 5.91 Å². The first kappa shape index (κ1) is 19.5. The van der Waals surface area contributed by atoms with Crippen LogP contribution in [0, 0.1) is 0 Å². The topological polar surface area (TPSA) is 99.2 Å². The molecular weight excluding hydrogens is 404 g/mol. The van der Waals surface area contributed by atoms with E-state index >= 15 is 0 Å². The van der Waals surface area contributed by atoms with Crippen molar-refractivity contribution in [1.82, 2.24) is 24.6 Å². The Bertz CT molecular complexity index is 1340. The van der Waals surface area contributed by atoms with Crippen molar-refractivity contribution in [2.45, 2.75) is 0 Å². The smallest absolute Gasteiger partial charge is 0.246 e. The minimum absolute atomic E-state index is 0.129. The molecule has 5 rings (SSSR count). The second-order valence-electron chi connectivity index (χ2n) is 7.28. The molecule has 0 fully saturated rings. The molecular formula is C24H20N6O2. The standard InChI is InChI=1S/C24H20N6O2/c1-2-20(31)29-13-12-17(14-29)30-24-21(23(25)26-15-27-24)22(28-30)16-8-10-19(11-9-16)32-18-6-4-3-5-7-18/h2-12,15H,1,13-14H2,(H2,25,26,27). The zero-order valence-corrected chi connectivity index (χ0v) is 17.2. The molecule has 0 bridgehead atoms. The van der Waals surface area contributed by atoms with Crippen LogP contribution in [0.3, 0.4) is 0 Å². The van der Waals surface area contributed by atoms with E-state index in [-0.39, 0.29) is 5.91 Å². The lowest BCUT2D eigenvalue weighted by atomic mass is 10.1. The molecule has 3 heterocycles. The van der Waals surface area contributed by atoms with Gasteiger partial charge < -0.3 is 15.4 Å². The third kappa shape index (κ3) is 3.47. The number of para-hydroxylation sites is 1. The molecule has 0 aliphatic carbocycles. The summed E-state index contributed by atoms with van der Waals surface area (Å²) in [5.41, 5.74) is 9.17. The van der Waals surface area contributed by atoms with Crippen molar-refractivity contribution >= 4 is 28.5 Å². The van der Waals surface area contributed by atoms with Crippen molar-refractivity contribution in [3.05, 3.63) is 79.7 Å². The molecule has 2 aromatic carbocycles. The SMILES string of the molecule is C=CC(=O)N1CC=C(n2nc(-c3ccc(Oc4ccccc4)cc3)c3c(N)ncnc32)C1. The summed E-state index contributed by atoms with van der Waals surface area (Å²) in [6.07, 6.45) is 4.67. The van der Waals surface area contributed by atoms with Gasteiger partial charge in [-0.05, 0) is 48.6 Å². The summed E-state index contributed by atoms with van der Waals surface area (Å²) in [4.78, 5) is 22.2. The summed E-state index contributed by atoms with van der Waals surface area (Å²) in [7, 11) is 0.